The van der Waals surface area contributed by atoms with Crippen LogP contribution in [-0.2, 0) is 9.59 Å². The molecule has 2 aromatic rings. The maximum absolute atomic E-state index is 12.6. The summed E-state index contributed by atoms with van der Waals surface area (Å²) >= 11 is 1.66. The zero-order valence-corrected chi connectivity index (χ0v) is 18.6. The number of ether oxygens (including phenoxy) is 1. The second-order valence-corrected chi connectivity index (χ2v) is 8.25. The third-order valence-corrected chi connectivity index (χ3v) is 6.00. The van der Waals surface area contributed by atoms with Crippen molar-refractivity contribution in [2.75, 3.05) is 63.6 Å². The third kappa shape index (κ3) is 6.17. The Kier molecular flexibility index (Phi) is 7.64. The van der Waals surface area contributed by atoms with Gasteiger partial charge in [0.05, 0.1) is 25.9 Å². The first-order valence-corrected chi connectivity index (χ1v) is 10.9. The summed E-state index contributed by atoms with van der Waals surface area (Å²) in [5.41, 5.74) is 1.69. The number of likely N-dealkylation sites (N-methyl/N-ethyl adjacent to an activating group) is 1. The van der Waals surface area contributed by atoms with Crippen LogP contribution < -0.4 is 15.0 Å². The average Bonchev–Trinajstić information content (AvgIpc) is 3.02. The monoisotopic (exact) mass is 431 g/mol. The number of carbonyl (C=O) groups is 2. The molecule has 1 aromatic heterocycles. The Hall–Kier alpha value is -2.65. The van der Waals surface area contributed by atoms with Gasteiger partial charge >= 0.3 is 0 Å². The Balaban J connectivity index is 1.46. The van der Waals surface area contributed by atoms with Gasteiger partial charge < -0.3 is 19.9 Å². The van der Waals surface area contributed by atoms with E-state index in [4.69, 9.17) is 4.74 Å². The van der Waals surface area contributed by atoms with Gasteiger partial charge in [0.25, 0.3) is 0 Å². The third-order valence-electron chi connectivity index (χ3n) is 4.98. The van der Waals surface area contributed by atoms with Gasteiger partial charge in [-0.25, -0.2) is 4.98 Å². The lowest BCUT2D eigenvalue weighted by atomic mass is 10.3. The molecular weight excluding hydrogens is 402 g/mol. The van der Waals surface area contributed by atoms with E-state index in [2.05, 4.69) is 25.5 Å². The quantitative estimate of drug-likeness (QED) is 0.723. The number of benzene rings is 1. The smallest absolute Gasteiger partial charge is 0.243 e. The number of hydrogen-bond donors (Lipinski definition) is 1. The zero-order valence-electron chi connectivity index (χ0n) is 17.8. The minimum atomic E-state index is -0.236. The molecule has 162 valence electrons. The second-order valence-electron chi connectivity index (χ2n) is 7.42. The highest BCUT2D eigenvalue weighted by Crippen LogP contribution is 2.21. The molecule has 1 aromatic carbocycles. The van der Waals surface area contributed by atoms with Crippen LogP contribution in [0.15, 0.2) is 29.6 Å². The van der Waals surface area contributed by atoms with Crippen LogP contribution in [0.3, 0.4) is 0 Å². The molecule has 0 unspecified atom stereocenters. The molecule has 1 N–H and O–H groups in total. The van der Waals surface area contributed by atoms with Gasteiger partial charge in [-0.2, -0.15) is 0 Å². The molecule has 8 nitrogen and oxygen atoms in total. The Labute approximate surface area is 181 Å². The highest BCUT2D eigenvalue weighted by molar-refractivity contribution is 7.13. The van der Waals surface area contributed by atoms with Gasteiger partial charge in [0, 0.05) is 50.4 Å². The van der Waals surface area contributed by atoms with Gasteiger partial charge in [-0.3, -0.25) is 14.5 Å². The van der Waals surface area contributed by atoms with E-state index in [1.54, 1.807) is 43.7 Å². The lowest BCUT2D eigenvalue weighted by Gasteiger charge is -2.24. The number of anilines is 2. The largest absolute Gasteiger partial charge is 0.497 e. The van der Waals surface area contributed by atoms with Gasteiger partial charge in [-0.1, -0.05) is 6.07 Å². The fourth-order valence-electron chi connectivity index (χ4n) is 3.32. The molecular formula is C21H29N5O3S. The second kappa shape index (κ2) is 10.4. The van der Waals surface area contributed by atoms with Crippen LogP contribution >= 0.6 is 11.3 Å². The lowest BCUT2D eigenvalue weighted by Crippen LogP contribution is -2.42. The van der Waals surface area contributed by atoms with E-state index >= 15 is 0 Å². The Bertz CT molecular complexity index is 872. The Morgan fingerprint density at radius 2 is 2.10 bits per heavy atom. The Morgan fingerprint density at radius 1 is 1.27 bits per heavy atom. The topological polar surface area (TPSA) is 78.0 Å². The number of nitrogens with zero attached hydrogens (tertiary/aromatic N) is 4. The van der Waals surface area contributed by atoms with E-state index < -0.39 is 0 Å². The number of methoxy groups -OCH3 is 1. The number of carbonyl (C=O) groups excluding carboxylic acids is 2. The number of hydrogen-bond acceptors (Lipinski definition) is 7. The van der Waals surface area contributed by atoms with Crippen LogP contribution in [0.5, 0.6) is 5.75 Å². The molecule has 1 fully saturated rings. The minimum Gasteiger partial charge on any atom is -0.497 e. The van der Waals surface area contributed by atoms with Crippen LogP contribution in [0.2, 0.25) is 0 Å². The standard InChI is InChI=1S/C21H29N5O3S/c1-16-15-30-21(22-16)26-9-5-8-25(10-11-26)14-20(28)24(2)13-19(27)23-17-6-4-7-18(12-17)29-3/h4,6-7,12,15H,5,8-11,13-14H2,1-3H3,(H,23,27). The predicted octanol–water partition coefficient (Wildman–Crippen LogP) is 2.07. The zero-order chi connectivity index (χ0) is 21.5. The summed E-state index contributed by atoms with van der Waals surface area (Å²) in [4.78, 5) is 35.4. The lowest BCUT2D eigenvalue weighted by molar-refractivity contribution is -0.134. The van der Waals surface area contributed by atoms with Crippen molar-refractivity contribution >= 4 is 34.0 Å². The minimum absolute atomic E-state index is 0.00833. The van der Waals surface area contributed by atoms with Crippen LogP contribution in [0, 0.1) is 6.92 Å². The predicted molar refractivity (Wildman–Crippen MR) is 119 cm³/mol. The molecule has 2 amide bonds. The summed E-state index contributed by atoms with van der Waals surface area (Å²) in [5, 5.41) is 5.91. The van der Waals surface area contributed by atoms with Crippen LogP contribution in [0.4, 0.5) is 10.8 Å². The fourth-order valence-corrected chi connectivity index (χ4v) is 4.18. The molecule has 1 aliphatic rings. The summed E-state index contributed by atoms with van der Waals surface area (Å²) in [5.74, 6) is 0.370. The number of rotatable bonds is 7. The van der Waals surface area contributed by atoms with Crippen LogP contribution in [-0.4, -0.2) is 80.0 Å². The molecule has 0 radical (unpaired) electrons. The summed E-state index contributed by atoms with van der Waals surface area (Å²) in [6, 6.07) is 7.14. The highest BCUT2D eigenvalue weighted by Gasteiger charge is 2.21. The van der Waals surface area contributed by atoms with Crippen molar-refractivity contribution in [3.63, 3.8) is 0 Å². The van der Waals surface area contributed by atoms with Crippen molar-refractivity contribution in [2.45, 2.75) is 13.3 Å². The molecule has 2 heterocycles. The summed E-state index contributed by atoms with van der Waals surface area (Å²) in [6.45, 7) is 5.77. The summed E-state index contributed by atoms with van der Waals surface area (Å²) < 4.78 is 5.16. The van der Waals surface area contributed by atoms with Gasteiger partial charge in [0.1, 0.15) is 5.75 Å². The number of nitrogens with one attached hydrogen (secondary N) is 1. The maximum atomic E-state index is 12.6. The summed E-state index contributed by atoms with van der Waals surface area (Å²) in [7, 11) is 3.24. The van der Waals surface area contributed by atoms with Crippen molar-refractivity contribution in [1.82, 2.24) is 14.8 Å². The van der Waals surface area contributed by atoms with E-state index in [1.165, 1.54) is 4.90 Å². The van der Waals surface area contributed by atoms with Crippen molar-refractivity contribution < 1.29 is 14.3 Å². The molecule has 1 aliphatic heterocycles. The number of aromatic nitrogens is 1. The van der Waals surface area contributed by atoms with Crippen LogP contribution in [0.1, 0.15) is 12.1 Å². The molecule has 0 spiro atoms. The maximum Gasteiger partial charge on any atom is 0.243 e. The first-order chi connectivity index (χ1) is 14.4. The normalized spacial score (nSPS) is 14.8. The van der Waals surface area contributed by atoms with Gasteiger partial charge in [-0.05, 0) is 25.5 Å². The molecule has 0 atom stereocenters. The van der Waals surface area contributed by atoms with Gasteiger partial charge in [-0.15, -0.1) is 11.3 Å². The first kappa shape index (κ1) is 22.0. The van der Waals surface area contributed by atoms with Crippen molar-refractivity contribution in [1.29, 1.82) is 0 Å². The number of aryl methyl sites for hydroxylation is 1. The molecule has 3 rings (SSSR count). The highest BCUT2D eigenvalue weighted by atomic mass is 32.1. The van der Waals surface area contributed by atoms with E-state index in [0.29, 0.717) is 18.0 Å². The SMILES string of the molecule is COc1cccc(NC(=O)CN(C)C(=O)CN2CCCN(c3nc(C)cs3)CC2)c1. The molecule has 0 saturated carbocycles. The number of thiazole rings is 1. The van der Waals surface area contributed by atoms with E-state index in [1.807, 2.05) is 13.0 Å². The van der Waals surface area contributed by atoms with Crippen molar-refractivity contribution in [3.8, 4) is 5.75 Å². The molecule has 0 bridgehead atoms. The fraction of sp³-hybridized carbons (Fsp3) is 0.476. The van der Waals surface area contributed by atoms with Crippen LogP contribution in [0.25, 0.3) is 0 Å². The molecule has 9 heteroatoms. The first-order valence-electron chi connectivity index (χ1n) is 10.0. The van der Waals surface area contributed by atoms with E-state index in [-0.39, 0.29) is 18.4 Å². The van der Waals surface area contributed by atoms with Gasteiger partial charge in [0.15, 0.2) is 5.13 Å². The number of amides is 2. The van der Waals surface area contributed by atoms with Crippen molar-refractivity contribution in [3.05, 3.63) is 35.3 Å². The van der Waals surface area contributed by atoms with E-state index in [0.717, 1.165) is 43.4 Å². The molecule has 0 aliphatic carbocycles. The Morgan fingerprint density at radius 3 is 2.83 bits per heavy atom. The average molecular weight is 432 g/mol. The van der Waals surface area contributed by atoms with Gasteiger partial charge in [0.2, 0.25) is 11.8 Å². The van der Waals surface area contributed by atoms with E-state index in [9.17, 15) is 9.59 Å². The summed E-state index contributed by atoms with van der Waals surface area (Å²) in [6.07, 6.45) is 0.978. The molecule has 30 heavy (non-hydrogen) atoms. The molecule has 1 saturated heterocycles. The van der Waals surface area contributed by atoms with Crippen molar-refractivity contribution in [2.24, 2.45) is 0 Å².